The van der Waals surface area contributed by atoms with Gasteiger partial charge in [0, 0.05) is 22.9 Å². The van der Waals surface area contributed by atoms with E-state index < -0.39 is 5.83 Å². The number of aromatic nitrogens is 2. The summed E-state index contributed by atoms with van der Waals surface area (Å²) in [5.74, 6) is 0.120. The van der Waals surface area contributed by atoms with Gasteiger partial charge >= 0.3 is 0 Å². The van der Waals surface area contributed by atoms with Crippen LogP contribution < -0.4 is 5.32 Å². The molecule has 0 saturated carbocycles. The quantitative estimate of drug-likeness (QED) is 0.637. The van der Waals surface area contributed by atoms with Crippen LogP contribution in [-0.4, -0.2) is 15.3 Å². The summed E-state index contributed by atoms with van der Waals surface area (Å²) in [6, 6.07) is 1.72. The van der Waals surface area contributed by atoms with Crippen LogP contribution in [0, 0.1) is 0 Å². The standard InChI is InChI=1S/C12H13ClFN3S/c1-8(2)12(14)10(9(3)13)6-17-5-4-11(16-17)15-7-18/h4-5,7H,1,3,6H2,2H3,(H,15,16,18). The molecular weight excluding hydrogens is 273 g/mol. The molecule has 6 heteroatoms. The van der Waals surface area contributed by atoms with E-state index in [1.807, 2.05) is 0 Å². The fraction of sp³-hybridized carbons (Fsp3) is 0.167. The third-order valence-corrected chi connectivity index (χ3v) is 2.48. The fourth-order valence-corrected chi connectivity index (χ4v) is 1.54. The van der Waals surface area contributed by atoms with Crippen molar-refractivity contribution in [3.63, 3.8) is 0 Å². The van der Waals surface area contributed by atoms with Crippen LogP contribution >= 0.6 is 23.8 Å². The molecule has 1 rings (SSSR count). The Morgan fingerprint density at radius 3 is 2.83 bits per heavy atom. The highest BCUT2D eigenvalue weighted by molar-refractivity contribution is 7.79. The number of allylic oxidation sites excluding steroid dienone is 4. The van der Waals surface area contributed by atoms with E-state index in [1.54, 1.807) is 19.2 Å². The summed E-state index contributed by atoms with van der Waals surface area (Å²) in [7, 11) is 0. The molecule has 0 atom stereocenters. The predicted molar refractivity (Wildman–Crippen MR) is 77.4 cm³/mol. The van der Waals surface area contributed by atoms with E-state index in [0.717, 1.165) is 0 Å². The van der Waals surface area contributed by atoms with E-state index in [-0.39, 0.29) is 17.2 Å². The van der Waals surface area contributed by atoms with Crippen LogP contribution in [0.4, 0.5) is 10.2 Å². The van der Waals surface area contributed by atoms with Crippen molar-refractivity contribution in [2.24, 2.45) is 0 Å². The van der Waals surface area contributed by atoms with Crippen molar-refractivity contribution in [2.75, 3.05) is 5.32 Å². The number of rotatable bonds is 6. The molecule has 0 fully saturated rings. The molecule has 96 valence electrons. The van der Waals surface area contributed by atoms with E-state index in [4.69, 9.17) is 11.6 Å². The maximum Gasteiger partial charge on any atom is 0.152 e. The third kappa shape index (κ3) is 3.78. The van der Waals surface area contributed by atoms with E-state index in [1.165, 1.54) is 10.2 Å². The first-order valence-electron chi connectivity index (χ1n) is 5.08. The summed E-state index contributed by atoms with van der Waals surface area (Å²) in [5.41, 5.74) is 1.91. The molecular formula is C12H13ClFN3S. The summed E-state index contributed by atoms with van der Waals surface area (Å²) < 4.78 is 15.4. The van der Waals surface area contributed by atoms with Crippen LogP contribution in [0.3, 0.4) is 0 Å². The van der Waals surface area contributed by atoms with Gasteiger partial charge in [-0.05, 0) is 12.5 Å². The molecule has 3 nitrogen and oxygen atoms in total. The van der Waals surface area contributed by atoms with Crippen LogP contribution in [-0.2, 0) is 6.54 Å². The lowest BCUT2D eigenvalue weighted by molar-refractivity contribution is 0.609. The van der Waals surface area contributed by atoms with Crippen LogP contribution in [0.2, 0.25) is 0 Å². The van der Waals surface area contributed by atoms with Crippen molar-refractivity contribution in [2.45, 2.75) is 13.5 Å². The van der Waals surface area contributed by atoms with Gasteiger partial charge < -0.3 is 5.32 Å². The van der Waals surface area contributed by atoms with Gasteiger partial charge in [-0.2, -0.15) is 5.10 Å². The van der Waals surface area contributed by atoms with Gasteiger partial charge in [-0.1, -0.05) is 37.0 Å². The molecule has 0 aliphatic heterocycles. The van der Waals surface area contributed by atoms with Gasteiger partial charge in [0.2, 0.25) is 0 Å². The Balaban J connectivity index is 2.97. The Kier molecular flexibility index (Phi) is 5.25. The molecule has 0 saturated heterocycles. The molecule has 0 aliphatic carbocycles. The lowest BCUT2D eigenvalue weighted by Crippen LogP contribution is -2.05. The van der Waals surface area contributed by atoms with E-state index in [0.29, 0.717) is 11.4 Å². The second-order valence-corrected chi connectivity index (χ2v) is 4.33. The van der Waals surface area contributed by atoms with E-state index in [2.05, 4.69) is 35.8 Å². The molecule has 0 spiro atoms. The second-order valence-electron chi connectivity index (χ2n) is 3.64. The fourth-order valence-electron chi connectivity index (χ4n) is 1.28. The van der Waals surface area contributed by atoms with Crippen LogP contribution in [0.5, 0.6) is 0 Å². The zero-order valence-electron chi connectivity index (χ0n) is 9.91. The summed E-state index contributed by atoms with van der Waals surface area (Å²) in [4.78, 5) is 0. The van der Waals surface area contributed by atoms with Crippen molar-refractivity contribution < 1.29 is 4.39 Å². The zero-order valence-corrected chi connectivity index (χ0v) is 11.5. The molecule has 1 heterocycles. The number of thiocarbonyl (C=S) groups is 1. The van der Waals surface area contributed by atoms with Crippen LogP contribution in [0.25, 0.3) is 0 Å². The van der Waals surface area contributed by atoms with Gasteiger partial charge in [-0.15, -0.1) is 0 Å². The van der Waals surface area contributed by atoms with Gasteiger partial charge in [-0.3, -0.25) is 4.68 Å². The van der Waals surface area contributed by atoms with Gasteiger partial charge in [0.25, 0.3) is 0 Å². The molecule has 0 unspecified atom stereocenters. The van der Waals surface area contributed by atoms with Crippen molar-refractivity contribution in [3.05, 3.63) is 47.4 Å². The highest BCUT2D eigenvalue weighted by atomic mass is 35.5. The molecule has 1 aromatic heterocycles. The number of hydrogen-bond acceptors (Lipinski definition) is 2. The Morgan fingerprint density at radius 2 is 2.33 bits per heavy atom. The molecule has 0 aliphatic rings. The Hall–Kier alpha value is -1.46. The Labute approximate surface area is 116 Å². The summed E-state index contributed by atoms with van der Waals surface area (Å²) in [5, 5.41) is 7.03. The van der Waals surface area contributed by atoms with Gasteiger partial charge in [0.05, 0.1) is 12.0 Å². The van der Waals surface area contributed by atoms with Gasteiger partial charge in [-0.25, -0.2) is 4.39 Å². The van der Waals surface area contributed by atoms with Crippen molar-refractivity contribution in [1.82, 2.24) is 9.78 Å². The summed E-state index contributed by atoms with van der Waals surface area (Å²) >= 11 is 10.4. The maximum absolute atomic E-state index is 13.8. The Bertz CT molecular complexity index is 519. The van der Waals surface area contributed by atoms with Crippen molar-refractivity contribution in [3.8, 4) is 0 Å². The van der Waals surface area contributed by atoms with E-state index in [9.17, 15) is 4.39 Å². The largest absolute Gasteiger partial charge is 0.336 e. The van der Waals surface area contributed by atoms with Crippen molar-refractivity contribution >= 4 is 35.1 Å². The number of halogens is 2. The zero-order chi connectivity index (χ0) is 13.7. The summed E-state index contributed by atoms with van der Waals surface area (Å²) in [6.45, 7) is 8.83. The van der Waals surface area contributed by atoms with Crippen molar-refractivity contribution in [1.29, 1.82) is 0 Å². The Morgan fingerprint density at radius 1 is 1.67 bits per heavy atom. The average Bonchev–Trinajstić information content (AvgIpc) is 2.72. The molecule has 18 heavy (non-hydrogen) atoms. The van der Waals surface area contributed by atoms with E-state index >= 15 is 0 Å². The summed E-state index contributed by atoms with van der Waals surface area (Å²) in [6.07, 6.45) is 1.69. The average molecular weight is 286 g/mol. The first kappa shape index (κ1) is 14.6. The maximum atomic E-state index is 13.8. The number of nitrogens with one attached hydrogen (secondary N) is 1. The van der Waals surface area contributed by atoms with Crippen LogP contribution in [0.1, 0.15) is 6.92 Å². The monoisotopic (exact) mass is 285 g/mol. The van der Waals surface area contributed by atoms with Crippen LogP contribution in [0.15, 0.2) is 47.4 Å². The topological polar surface area (TPSA) is 29.9 Å². The predicted octanol–water partition coefficient (Wildman–Crippen LogP) is 3.80. The number of nitrogens with zero attached hydrogens (tertiary/aromatic N) is 2. The highest BCUT2D eigenvalue weighted by Crippen LogP contribution is 2.24. The lowest BCUT2D eigenvalue weighted by atomic mass is 10.1. The molecule has 0 bridgehead atoms. The minimum Gasteiger partial charge on any atom is -0.336 e. The number of anilines is 1. The SMILES string of the molecule is C=C(C)C(F)=C(Cn1ccc(NC=S)n1)C(=C)Cl. The first-order valence-corrected chi connectivity index (χ1v) is 5.93. The van der Waals surface area contributed by atoms with Gasteiger partial charge in [0.15, 0.2) is 5.82 Å². The minimum absolute atomic E-state index is 0.135. The molecule has 1 aromatic rings. The smallest absolute Gasteiger partial charge is 0.152 e. The lowest BCUT2D eigenvalue weighted by Gasteiger charge is -2.08. The number of hydrogen-bond donors (Lipinski definition) is 1. The minimum atomic E-state index is -0.463. The first-order chi connectivity index (χ1) is 8.45. The molecule has 0 radical (unpaired) electrons. The normalized spacial score (nSPS) is 11.7. The third-order valence-electron chi connectivity index (χ3n) is 2.13. The second kappa shape index (κ2) is 6.47. The molecule has 0 amide bonds. The van der Waals surface area contributed by atoms with Gasteiger partial charge in [0.1, 0.15) is 5.83 Å². The molecule has 1 N–H and O–H groups in total. The highest BCUT2D eigenvalue weighted by Gasteiger charge is 2.11. The molecule has 0 aromatic carbocycles.